The summed E-state index contributed by atoms with van der Waals surface area (Å²) in [5.74, 6) is 0.197. The lowest BCUT2D eigenvalue weighted by molar-refractivity contribution is -0.144. The number of benzene rings is 1. The van der Waals surface area contributed by atoms with Crippen molar-refractivity contribution in [2.24, 2.45) is 16.7 Å². The smallest absolute Gasteiger partial charge is 0.220 e. The van der Waals surface area contributed by atoms with Gasteiger partial charge in [0.15, 0.2) is 0 Å². The Bertz CT molecular complexity index is 972. The lowest BCUT2D eigenvalue weighted by Gasteiger charge is -2.58. The molecular weight excluding hydrogens is 408 g/mol. The first kappa shape index (κ1) is 21.1. The van der Waals surface area contributed by atoms with Crippen LogP contribution in [0.3, 0.4) is 0 Å². The average Bonchev–Trinajstić information content (AvgIpc) is 3.48. The molecular formula is C25H32N2O3S. The van der Waals surface area contributed by atoms with Crippen molar-refractivity contribution in [3.05, 3.63) is 40.9 Å². The molecule has 1 amide bonds. The molecule has 2 saturated carbocycles. The molecule has 3 aliphatic carbocycles. The van der Waals surface area contributed by atoms with E-state index in [9.17, 15) is 15.0 Å². The van der Waals surface area contributed by atoms with Gasteiger partial charge in [0.2, 0.25) is 5.91 Å². The maximum Gasteiger partial charge on any atom is 0.220 e. The SMILES string of the molecule is C[C@]1(CO)[C@H]2Cc3sc(-c4ccccc4)nc3[C@@H](CC(=O)NC3CC3)[C@]2(C)CC[C@H]1O. The van der Waals surface area contributed by atoms with Crippen molar-refractivity contribution in [1.82, 2.24) is 10.3 Å². The number of fused-ring (bicyclic) bond motifs is 2. The molecule has 3 N–H and O–H groups in total. The second kappa shape index (κ2) is 7.68. The molecule has 0 aliphatic heterocycles. The van der Waals surface area contributed by atoms with Crippen LogP contribution in [0, 0.1) is 16.7 Å². The molecule has 0 radical (unpaired) electrons. The highest BCUT2D eigenvalue weighted by atomic mass is 32.1. The van der Waals surface area contributed by atoms with Crippen molar-refractivity contribution in [3.8, 4) is 10.6 Å². The van der Waals surface area contributed by atoms with E-state index < -0.39 is 11.5 Å². The number of amides is 1. The number of nitrogens with one attached hydrogen (secondary N) is 1. The zero-order valence-corrected chi connectivity index (χ0v) is 19.1. The summed E-state index contributed by atoms with van der Waals surface area (Å²) in [5.41, 5.74) is 1.39. The fourth-order valence-electron chi connectivity index (χ4n) is 6.05. The van der Waals surface area contributed by atoms with Crippen LogP contribution < -0.4 is 5.32 Å². The molecule has 6 heteroatoms. The number of carbonyl (C=O) groups is 1. The van der Waals surface area contributed by atoms with E-state index in [4.69, 9.17) is 4.98 Å². The van der Waals surface area contributed by atoms with Crippen LogP contribution in [-0.4, -0.2) is 39.9 Å². The molecule has 0 spiro atoms. The number of carbonyl (C=O) groups excluding carboxylic acids is 1. The van der Waals surface area contributed by atoms with Gasteiger partial charge in [-0.15, -0.1) is 11.3 Å². The third-order valence-electron chi connectivity index (χ3n) is 8.25. The molecule has 0 bridgehead atoms. The minimum atomic E-state index is -0.577. The third kappa shape index (κ3) is 3.53. The number of aromatic nitrogens is 1. The van der Waals surface area contributed by atoms with Gasteiger partial charge in [-0.3, -0.25) is 4.79 Å². The minimum absolute atomic E-state index is 0.00733. The van der Waals surface area contributed by atoms with Gasteiger partial charge in [-0.2, -0.15) is 0 Å². The van der Waals surface area contributed by atoms with Crippen LogP contribution in [-0.2, 0) is 11.2 Å². The Kier molecular flexibility index (Phi) is 5.23. The monoisotopic (exact) mass is 440 g/mol. The number of nitrogens with zero attached hydrogens (tertiary/aromatic N) is 1. The molecule has 5 rings (SSSR count). The third-order valence-corrected chi connectivity index (χ3v) is 9.39. The quantitative estimate of drug-likeness (QED) is 0.659. The van der Waals surface area contributed by atoms with E-state index in [1.165, 1.54) is 4.88 Å². The molecule has 1 heterocycles. The highest BCUT2D eigenvalue weighted by Gasteiger charge is 2.59. The summed E-state index contributed by atoms with van der Waals surface area (Å²) in [6.07, 6.45) is 4.33. The Hall–Kier alpha value is -1.76. The minimum Gasteiger partial charge on any atom is -0.396 e. The van der Waals surface area contributed by atoms with E-state index in [1.807, 2.05) is 25.1 Å². The van der Waals surface area contributed by atoms with Crippen LogP contribution in [0.5, 0.6) is 0 Å². The molecule has 1 aromatic carbocycles. The van der Waals surface area contributed by atoms with Crippen molar-refractivity contribution in [2.75, 3.05) is 6.61 Å². The van der Waals surface area contributed by atoms with Gasteiger partial charge in [0.05, 0.1) is 18.4 Å². The Morgan fingerprint density at radius 2 is 1.97 bits per heavy atom. The van der Waals surface area contributed by atoms with E-state index >= 15 is 0 Å². The topological polar surface area (TPSA) is 82.5 Å². The number of rotatable bonds is 5. The van der Waals surface area contributed by atoms with Crippen LogP contribution in [0.2, 0.25) is 0 Å². The second-order valence-corrected chi connectivity index (χ2v) is 11.4. The molecule has 166 valence electrons. The highest BCUT2D eigenvalue weighted by Crippen LogP contribution is 2.62. The molecule has 1 aromatic heterocycles. The fourth-order valence-corrected chi connectivity index (χ4v) is 7.22. The standard InChI is InChI=1S/C25H32N2O3S/c1-24-11-10-20(29)25(2,14-28)19(24)13-18-22(17(24)12-21(30)26-16-8-9-16)27-23(31-18)15-6-4-3-5-7-15/h3-7,16-17,19-20,28-29H,8-14H2,1-2H3,(H,26,30)/t17-,19+,20-,24+,25+/m1/s1. The van der Waals surface area contributed by atoms with Gasteiger partial charge < -0.3 is 15.5 Å². The van der Waals surface area contributed by atoms with Crippen LogP contribution in [0.25, 0.3) is 10.6 Å². The Morgan fingerprint density at radius 3 is 2.65 bits per heavy atom. The predicted molar refractivity (Wildman–Crippen MR) is 122 cm³/mol. The summed E-state index contributed by atoms with van der Waals surface area (Å²) >= 11 is 1.71. The molecule has 0 unspecified atom stereocenters. The normalized spacial score (nSPS) is 34.6. The van der Waals surface area contributed by atoms with Crippen LogP contribution in [0.4, 0.5) is 0 Å². The van der Waals surface area contributed by atoms with E-state index in [1.54, 1.807) is 11.3 Å². The summed E-state index contributed by atoms with van der Waals surface area (Å²) in [5, 5.41) is 25.4. The van der Waals surface area contributed by atoms with Gasteiger partial charge in [-0.1, -0.05) is 44.2 Å². The lowest BCUT2D eigenvalue weighted by atomic mass is 9.47. The average molecular weight is 441 g/mol. The molecule has 2 fully saturated rings. The van der Waals surface area contributed by atoms with Crippen molar-refractivity contribution in [3.63, 3.8) is 0 Å². The summed E-state index contributed by atoms with van der Waals surface area (Å²) in [6.45, 7) is 4.23. The van der Waals surface area contributed by atoms with Gasteiger partial charge in [0, 0.05) is 34.2 Å². The summed E-state index contributed by atoms with van der Waals surface area (Å²) in [4.78, 5) is 19.2. The Morgan fingerprint density at radius 1 is 1.23 bits per heavy atom. The van der Waals surface area contributed by atoms with Crippen LogP contribution in [0.15, 0.2) is 30.3 Å². The largest absolute Gasteiger partial charge is 0.396 e. The van der Waals surface area contributed by atoms with Crippen LogP contribution >= 0.6 is 11.3 Å². The summed E-state index contributed by atoms with van der Waals surface area (Å²) in [7, 11) is 0. The number of aliphatic hydroxyl groups excluding tert-OH is 2. The maximum atomic E-state index is 12.9. The van der Waals surface area contributed by atoms with E-state index in [-0.39, 0.29) is 29.8 Å². The van der Waals surface area contributed by atoms with Crippen LogP contribution in [0.1, 0.15) is 62.4 Å². The molecule has 2 aromatic rings. The maximum absolute atomic E-state index is 12.9. The fraction of sp³-hybridized carbons (Fsp3) is 0.600. The Labute approximate surface area is 187 Å². The first-order chi connectivity index (χ1) is 14.8. The number of hydrogen-bond acceptors (Lipinski definition) is 5. The second-order valence-electron chi connectivity index (χ2n) is 10.3. The first-order valence-electron chi connectivity index (χ1n) is 11.5. The zero-order chi connectivity index (χ0) is 21.8. The van der Waals surface area contributed by atoms with Crippen molar-refractivity contribution in [1.29, 1.82) is 0 Å². The molecule has 31 heavy (non-hydrogen) atoms. The van der Waals surface area contributed by atoms with Gasteiger partial charge in [0.25, 0.3) is 0 Å². The molecule has 5 nitrogen and oxygen atoms in total. The molecule has 5 atom stereocenters. The molecule has 3 aliphatic rings. The highest BCUT2D eigenvalue weighted by molar-refractivity contribution is 7.15. The zero-order valence-electron chi connectivity index (χ0n) is 18.3. The van der Waals surface area contributed by atoms with Gasteiger partial charge in [-0.25, -0.2) is 4.98 Å². The molecule has 0 saturated heterocycles. The number of thiazole rings is 1. The predicted octanol–water partition coefficient (Wildman–Crippen LogP) is 3.89. The van der Waals surface area contributed by atoms with E-state index in [0.29, 0.717) is 18.9 Å². The van der Waals surface area contributed by atoms with Crippen molar-refractivity contribution >= 4 is 17.2 Å². The first-order valence-corrected chi connectivity index (χ1v) is 12.3. The van der Waals surface area contributed by atoms with E-state index in [2.05, 4.69) is 24.4 Å². The number of hydrogen-bond donors (Lipinski definition) is 3. The Balaban J connectivity index is 1.58. The van der Waals surface area contributed by atoms with Gasteiger partial charge in [-0.05, 0) is 43.4 Å². The van der Waals surface area contributed by atoms with Gasteiger partial charge in [0.1, 0.15) is 5.01 Å². The summed E-state index contributed by atoms with van der Waals surface area (Å²) < 4.78 is 0. The van der Waals surface area contributed by atoms with Crippen molar-refractivity contribution in [2.45, 2.75) is 70.4 Å². The van der Waals surface area contributed by atoms with E-state index in [0.717, 1.165) is 41.9 Å². The summed E-state index contributed by atoms with van der Waals surface area (Å²) in [6, 6.07) is 10.6. The number of aliphatic hydroxyl groups is 2. The lowest BCUT2D eigenvalue weighted by Crippen LogP contribution is -2.57. The van der Waals surface area contributed by atoms with Crippen molar-refractivity contribution < 1.29 is 15.0 Å². The van der Waals surface area contributed by atoms with Gasteiger partial charge >= 0.3 is 0 Å².